The first-order chi connectivity index (χ1) is 4.45. The van der Waals surface area contributed by atoms with Gasteiger partial charge in [0.05, 0.1) is 0 Å². The van der Waals surface area contributed by atoms with E-state index < -0.39 is 22.5 Å². The van der Waals surface area contributed by atoms with Gasteiger partial charge in [-0.3, -0.25) is 4.74 Å². The quantitative estimate of drug-likeness (QED) is 0.537. The Morgan fingerprint density at radius 3 is 2.00 bits per heavy atom. The zero-order chi connectivity index (χ0) is 7.94. The Morgan fingerprint density at radius 1 is 1.40 bits per heavy atom. The molecule has 0 saturated carbocycles. The molecule has 0 aromatic heterocycles. The molecule has 1 aliphatic rings. The summed E-state index contributed by atoms with van der Waals surface area (Å²) in [6.07, 6.45) is -2.49. The Labute approximate surface area is 64.4 Å². The van der Waals surface area contributed by atoms with Gasteiger partial charge in [0.25, 0.3) is 10.9 Å². The van der Waals surface area contributed by atoms with Gasteiger partial charge in [0, 0.05) is 0 Å². The summed E-state index contributed by atoms with van der Waals surface area (Å²) in [5.41, 5.74) is 0. The second-order valence-corrected chi connectivity index (χ2v) is 2.87. The number of ether oxygens (including phenoxy) is 1. The van der Waals surface area contributed by atoms with Gasteiger partial charge >= 0.3 is 0 Å². The zero-order valence-electron chi connectivity index (χ0n) is 4.38. The number of alkyl halides is 3. The Kier molecular flexibility index (Phi) is 1.87. The second-order valence-electron chi connectivity index (χ2n) is 1.61. The summed E-state index contributed by atoms with van der Waals surface area (Å²) in [6, 6.07) is 0. The first-order valence-corrected chi connectivity index (χ1v) is 2.96. The highest BCUT2D eigenvalue weighted by molar-refractivity contribution is 6.49. The molecule has 0 N–H and O–H groups in total. The van der Waals surface area contributed by atoms with Gasteiger partial charge in [0.15, 0.2) is 5.83 Å². The van der Waals surface area contributed by atoms with Crippen molar-refractivity contribution in [3.63, 3.8) is 0 Å². The number of hydrogen-bond donors (Lipinski definition) is 0. The van der Waals surface area contributed by atoms with Crippen molar-refractivity contribution in [3.8, 4) is 0 Å². The van der Waals surface area contributed by atoms with E-state index >= 15 is 0 Å². The van der Waals surface area contributed by atoms with Gasteiger partial charge in [0.2, 0.25) is 5.83 Å². The lowest BCUT2D eigenvalue weighted by Crippen LogP contribution is -2.14. The van der Waals surface area contributed by atoms with Crippen LogP contribution >= 0.6 is 23.2 Å². The fourth-order valence-corrected chi connectivity index (χ4v) is 0.809. The molecule has 58 valence electrons. The highest BCUT2D eigenvalue weighted by atomic mass is 35.5. The lowest BCUT2D eigenvalue weighted by molar-refractivity contribution is -0.0240. The van der Waals surface area contributed by atoms with Crippen molar-refractivity contribution in [2.24, 2.45) is 0 Å². The van der Waals surface area contributed by atoms with Crippen LogP contribution in [0.15, 0.2) is 11.7 Å². The summed E-state index contributed by atoms with van der Waals surface area (Å²) in [7, 11) is 0. The van der Waals surface area contributed by atoms with Gasteiger partial charge < -0.3 is 0 Å². The maximum atomic E-state index is 12.2. The van der Waals surface area contributed by atoms with Gasteiger partial charge in [0.1, 0.15) is 0 Å². The standard InChI is InChI=1S/C4HCl2F3O/c5-4(6)2(8)1(7)3(9)10-4/h3H. The summed E-state index contributed by atoms with van der Waals surface area (Å²) in [6.45, 7) is 0. The zero-order valence-corrected chi connectivity index (χ0v) is 5.89. The van der Waals surface area contributed by atoms with Crippen LogP contribution in [-0.2, 0) is 4.74 Å². The lowest BCUT2D eigenvalue weighted by Gasteiger charge is -2.09. The maximum Gasteiger partial charge on any atom is 0.276 e. The molecule has 0 saturated heterocycles. The predicted molar refractivity (Wildman–Crippen MR) is 29.7 cm³/mol. The van der Waals surface area contributed by atoms with E-state index in [-0.39, 0.29) is 0 Å². The highest BCUT2D eigenvalue weighted by Crippen LogP contribution is 2.44. The Hall–Kier alpha value is 0.0700. The van der Waals surface area contributed by atoms with E-state index in [9.17, 15) is 13.2 Å². The minimum atomic E-state index is -2.50. The molecule has 1 aliphatic heterocycles. The molecular formula is C4HCl2F3O. The molecule has 0 amide bonds. The lowest BCUT2D eigenvalue weighted by atomic mass is 10.5. The fraction of sp³-hybridized carbons (Fsp3) is 0.500. The molecule has 0 aliphatic carbocycles. The first kappa shape index (κ1) is 8.17. The van der Waals surface area contributed by atoms with Gasteiger partial charge in [-0.25, -0.2) is 13.2 Å². The minimum Gasteiger partial charge on any atom is -0.300 e. The molecule has 6 heteroatoms. The van der Waals surface area contributed by atoms with Crippen LogP contribution in [0, 0.1) is 0 Å². The normalized spacial score (nSPS) is 31.5. The van der Waals surface area contributed by atoms with E-state index in [0.717, 1.165) is 0 Å². The molecule has 0 fully saturated rings. The van der Waals surface area contributed by atoms with Crippen LogP contribution in [0.5, 0.6) is 0 Å². The molecule has 1 rings (SSSR count). The first-order valence-electron chi connectivity index (χ1n) is 2.20. The average Bonchev–Trinajstić information content (AvgIpc) is 1.95. The summed E-state index contributed by atoms with van der Waals surface area (Å²) in [5, 5.41) is 0. The molecule has 0 aromatic rings. The summed E-state index contributed by atoms with van der Waals surface area (Å²) >= 11 is 9.88. The monoisotopic (exact) mass is 192 g/mol. The Bertz CT molecular complexity index is 191. The minimum absolute atomic E-state index is 1.62. The van der Waals surface area contributed by atoms with Crippen LogP contribution in [0.1, 0.15) is 0 Å². The van der Waals surface area contributed by atoms with Crippen LogP contribution in [-0.4, -0.2) is 10.9 Å². The fourth-order valence-electron chi connectivity index (χ4n) is 0.472. The largest absolute Gasteiger partial charge is 0.300 e. The molecule has 0 radical (unpaired) electrons. The van der Waals surface area contributed by atoms with Crippen LogP contribution in [0.25, 0.3) is 0 Å². The van der Waals surface area contributed by atoms with Gasteiger partial charge in [-0.1, -0.05) is 23.2 Å². The van der Waals surface area contributed by atoms with Crippen LogP contribution in [0.3, 0.4) is 0 Å². The number of hydrogen-bond acceptors (Lipinski definition) is 1. The highest BCUT2D eigenvalue weighted by Gasteiger charge is 2.47. The van der Waals surface area contributed by atoms with Gasteiger partial charge in [-0.2, -0.15) is 0 Å². The molecule has 1 unspecified atom stereocenters. The van der Waals surface area contributed by atoms with Crippen LogP contribution in [0.2, 0.25) is 0 Å². The second kappa shape index (κ2) is 2.29. The summed E-state index contributed by atoms with van der Waals surface area (Å²) < 4.78 is 37.6. The van der Waals surface area contributed by atoms with Crippen molar-refractivity contribution in [2.45, 2.75) is 10.9 Å². The molecule has 0 aromatic carbocycles. The topological polar surface area (TPSA) is 9.23 Å². The van der Waals surface area contributed by atoms with Gasteiger partial charge in [-0.15, -0.1) is 0 Å². The van der Waals surface area contributed by atoms with Crippen LogP contribution < -0.4 is 0 Å². The summed E-state index contributed by atoms with van der Waals surface area (Å²) in [4.78, 5) is 0. The molecule has 1 atom stereocenters. The third kappa shape index (κ3) is 1.11. The van der Waals surface area contributed by atoms with Crippen molar-refractivity contribution in [1.29, 1.82) is 0 Å². The van der Waals surface area contributed by atoms with E-state index in [1.54, 1.807) is 0 Å². The molecule has 1 nitrogen and oxygen atoms in total. The van der Waals surface area contributed by atoms with E-state index in [1.165, 1.54) is 0 Å². The third-order valence-electron chi connectivity index (χ3n) is 0.916. The molecule has 0 bridgehead atoms. The number of rotatable bonds is 0. The van der Waals surface area contributed by atoms with E-state index in [1.807, 2.05) is 0 Å². The Morgan fingerprint density at radius 2 is 1.90 bits per heavy atom. The van der Waals surface area contributed by atoms with E-state index in [2.05, 4.69) is 4.74 Å². The third-order valence-corrected chi connectivity index (χ3v) is 1.43. The predicted octanol–water partition coefficient (Wildman–Crippen LogP) is 2.59. The molecular weight excluding hydrogens is 192 g/mol. The van der Waals surface area contributed by atoms with Crippen molar-refractivity contribution >= 4 is 23.2 Å². The van der Waals surface area contributed by atoms with Crippen molar-refractivity contribution < 1.29 is 17.9 Å². The van der Waals surface area contributed by atoms with Crippen LogP contribution in [0.4, 0.5) is 13.2 Å². The molecule has 0 spiro atoms. The van der Waals surface area contributed by atoms with Crippen molar-refractivity contribution in [2.75, 3.05) is 0 Å². The Balaban J connectivity index is 2.95. The molecule has 10 heavy (non-hydrogen) atoms. The summed E-state index contributed by atoms with van der Waals surface area (Å²) in [5.74, 6) is -3.33. The molecule has 1 heterocycles. The SMILES string of the molecule is FC1=C(F)C(Cl)(Cl)OC1F. The van der Waals surface area contributed by atoms with E-state index in [4.69, 9.17) is 23.2 Å². The average molecular weight is 193 g/mol. The number of halogens is 5. The van der Waals surface area contributed by atoms with Crippen molar-refractivity contribution in [3.05, 3.63) is 11.7 Å². The smallest absolute Gasteiger partial charge is 0.276 e. The maximum absolute atomic E-state index is 12.2. The van der Waals surface area contributed by atoms with Gasteiger partial charge in [-0.05, 0) is 0 Å². The van der Waals surface area contributed by atoms with Crippen molar-refractivity contribution in [1.82, 2.24) is 0 Å². The van der Waals surface area contributed by atoms with E-state index in [0.29, 0.717) is 0 Å².